The van der Waals surface area contributed by atoms with Crippen molar-refractivity contribution in [2.24, 2.45) is 5.92 Å². The van der Waals surface area contributed by atoms with Gasteiger partial charge in [-0.05, 0) is 49.4 Å². The maximum absolute atomic E-state index is 10.4. The molecule has 3 nitrogen and oxygen atoms in total. The molecule has 0 heterocycles. The summed E-state index contributed by atoms with van der Waals surface area (Å²) in [5.41, 5.74) is 1.05. The van der Waals surface area contributed by atoms with Gasteiger partial charge in [0.15, 0.2) is 0 Å². The van der Waals surface area contributed by atoms with Crippen molar-refractivity contribution in [3.05, 3.63) is 28.2 Å². The van der Waals surface area contributed by atoms with E-state index in [0.29, 0.717) is 18.9 Å². The van der Waals surface area contributed by atoms with Gasteiger partial charge in [-0.25, -0.2) is 0 Å². The summed E-state index contributed by atoms with van der Waals surface area (Å²) in [5.74, 6) is 1.34. The molecule has 1 aliphatic carbocycles. The lowest BCUT2D eigenvalue weighted by molar-refractivity contribution is -0.0440. The number of hydrogen-bond donors (Lipinski definition) is 1. The van der Waals surface area contributed by atoms with E-state index >= 15 is 0 Å². The zero-order chi connectivity index (χ0) is 13.8. The Kier molecular flexibility index (Phi) is 5.25. The minimum Gasteiger partial charge on any atom is -0.497 e. The molecule has 0 saturated heterocycles. The first-order chi connectivity index (χ1) is 9.15. The lowest BCUT2D eigenvalue weighted by atomic mass is 10.0. The number of benzene rings is 1. The molecule has 2 atom stereocenters. The van der Waals surface area contributed by atoms with E-state index in [2.05, 4.69) is 15.9 Å². The van der Waals surface area contributed by atoms with Gasteiger partial charge in [0.25, 0.3) is 0 Å². The molecule has 1 saturated carbocycles. The normalized spacial score (nSPS) is 18.1. The average molecular weight is 329 g/mol. The molecule has 1 aliphatic rings. The highest BCUT2D eigenvalue weighted by molar-refractivity contribution is 9.10. The number of aliphatic hydroxyl groups excluding tert-OH is 1. The van der Waals surface area contributed by atoms with Gasteiger partial charge < -0.3 is 14.6 Å². The summed E-state index contributed by atoms with van der Waals surface area (Å²) < 4.78 is 11.9. The molecule has 106 valence electrons. The molecule has 0 spiro atoms. The molecule has 0 aromatic heterocycles. The SMILES string of the molecule is CCOC(C(O)Cc1cc(OC)ccc1Br)C1CC1. The summed E-state index contributed by atoms with van der Waals surface area (Å²) in [4.78, 5) is 0. The zero-order valence-electron chi connectivity index (χ0n) is 11.4. The predicted molar refractivity (Wildman–Crippen MR) is 78.5 cm³/mol. The minimum atomic E-state index is -0.462. The molecular weight excluding hydrogens is 308 g/mol. The third-order valence-electron chi connectivity index (χ3n) is 3.51. The van der Waals surface area contributed by atoms with Crippen molar-refractivity contribution >= 4 is 15.9 Å². The van der Waals surface area contributed by atoms with Gasteiger partial charge in [0.1, 0.15) is 5.75 Å². The van der Waals surface area contributed by atoms with Crippen molar-refractivity contribution in [2.45, 2.75) is 38.4 Å². The Hall–Kier alpha value is -0.580. The van der Waals surface area contributed by atoms with Crippen LogP contribution in [0, 0.1) is 5.92 Å². The van der Waals surface area contributed by atoms with Crippen LogP contribution in [0.1, 0.15) is 25.3 Å². The maximum Gasteiger partial charge on any atom is 0.119 e. The van der Waals surface area contributed by atoms with Crippen LogP contribution in [0.15, 0.2) is 22.7 Å². The van der Waals surface area contributed by atoms with E-state index in [0.717, 1.165) is 15.8 Å². The summed E-state index contributed by atoms with van der Waals surface area (Å²) in [6.07, 6.45) is 2.42. The number of methoxy groups -OCH3 is 1. The molecule has 2 unspecified atom stereocenters. The van der Waals surface area contributed by atoms with Crippen molar-refractivity contribution in [2.75, 3.05) is 13.7 Å². The second kappa shape index (κ2) is 6.73. The number of aliphatic hydroxyl groups is 1. The average Bonchev–Trinajstić information content (AvgIpc) is 3.22. The van der Waals surface area contributed by atoms with Crippen molar-refractivity contribution in [1.29, 1.82) is 0 Å². The third-order valence-corrected chi connectivity index (χ3v) is 4.28. The lowest BCUT2D eigenvalue weighted by Gasteiger charge is -2.23. The zero-order valence-corrected chi connectivity index (χ0v) is 13.0. The van der Waals surface area contributed by atoms with Crippen LogP contribution in [0.4, 0.5) is 0 Å². The molecule has 0 bridgehead atoms. The van der Waals surface area contributed by atoms with Crippen LogP contribution >= 0.6 is 15.9 Å². The smallest absolute Gasteiger partial charge is 0.119 e. The fraction of sp³-hybridized carbons (Fsp3) is 0.600. The maximum atomic E-state index is 10.4. The predicted octanol–water partition coefficient (Wildman–Crippen LogP) is 3.18. The minimum absolute atomic E-state index is 0.0388. The Morgan fingerprint density at radius 3 is 2.74 bits per heavy atom. The molecule has 1 aromatic carbocycles. The summed E-state index contributed by atoms with van der Waals surface area (Å²) in [7, 11) is 1.65. The molecule has 0 amide bonds. The molecule has 4 heteroatoms. The largest absolute Gasteiger partial charge is 0.497 e. The first-order valence-electron chi connectivity index (χ1n) is 6.77. The molecule has 2 rings (SSSR count). The van der Waals surface area contributed by atoms with Gasteiger partial charge in [-0.3, -0.25) is 0 Å². The van der Waals surface area contributed by atoms with Gasteiger partial charge in [0.2, 0.25) is 0 Å². The second-order valence-corrected chi connectivity index (χ2v) is 5.84. The van der Waals surface area contributed by atoms with Crippen molar-refractivity contribution in [1.82, 2.24) is 0 Å². The van der Waals surface area contributed by atoms with E-state index in [-0.39, 0.29) is 6.10 Å². The van der Waals surface area contributed by atoms with Crippen LogP contribution in [-0.2, 0) is 11.2 Å². The van der Waals surface area contributed by atoms with Crippen molar-refractivity contribution in [3.8, 4) is 5.75 Å². The number of hydrogen-bond acceptors (Lipinski definition) is 3. The van der Waals surface area contributed by atoms with E-state index in [4.69, 9.17) is 9.47 Å². The monoisotopic (exact) mass is 328 g/mol. The molecule has 0 radical (unpaired) electrons. The fourth-order valence-corrected chi connectivity index (χ4v) is 2.76. The Bertz CT molecular complexity index is 418. The second-order valence-electron chi connectivity index (χ2n) is 4.99. The van der Waals surface area contributed by atoms with Crippen LogP contribution in [-0.4, -0.2) is 31.0 Å². The molecular formula is C15H21BrO3. The van der Waals surface area contributed by atoms with Gasteiger partial charge in [-0.2, -0.15) is 0 Å². The Morgan fingerprint density at radius 1 is 1.42 bits per heavy atom. The van der Waals surface area contributed by atoms with Crippen LogP contribution in [0.3, 0.4) is 0 Å². The van der Waals surface area contributed by atoms with E-state index in [9.17, 15) is 5.11 Å². The summed E-state index contributed by atoms with van der Waals surface area (Å²) >= 11 is 3.52. The molecule has 1 N–H and O–H groups in total. The fourth-order valence-electron chi connectivity index (χ4n) is 2.35. The van der Waals surface area contributed by atoms with Gasteiger partial charge in [-0.15, -0.1) is 0 Å². The first kappa shape index (κ1) is 14.8. The van der Waals surface area contributed by atoms with E-state index in [1.54, 1.807) is 7.11 Å². The highest BCUT2D eigenvalue weighted by atomic mass is 79.9. The van der Waals surface area contributed by atoms with Gasteiger partial charge in [-0.1, -0.05) is 15.9 Å². The molecule has 1 aromatic rings. The standard InChI is InChI=1S/C15H21BrO3/c1-3-19-15(10-4-5-10)14(17)9-11-8-12(18-2)6-7-13(11)16/h6-8,10,14-15,17H,3-5,9H2,1-2H3. The summed E-state index contributed by atoms with van der Waals surface area (Å²) in [5, 5.41) is 10.4. The highest BCUT2D eigenvalue weighted by Crippen LogP contribution is 2.37. The summed E-state index contributed by atoms with van der Waals surface area (Å²) in [6, 6.07) is 5.82. The lowest BCUT2D eigenvalue weighted by Crippen LogP contribution is -2.33. The molecule has 19 heavy (non-hydrogen) atoms. The Labute approximate surface area is 123 Å². The quantitative estimate of drug-likeness (QED) is 0.835. The first-order valence-corrected chi connectivity index (χ1v) is 7.57. The Morgan fingerprint density at radius 2 is 2.16 bits per heavy atom. The van der Waals surface area contributed by atoms with Gasteiger partial charge >= 0.3 is 0 Å². The van der Waals surface area contributed by atoms with Gasteiger partial charge in [0.05, 0.1) is 19.3 Å². The topological polar surface area (TPSA) is 38.7 Å². The number of halogens is 1. The van der Waals surface area contributed by atoms with E-state index < -0.39 is 6.10 Å². The van der Waals surface area contributed by atoms with Crippen molar-refractivity contribution < 1.29 is 14.6 Å². The van der Waals surface area contributed by atoms with Crippen LogP contribution in [0.2, 0.25) is 0 Å². The highest BCUT2D eigenvalue weighted by Gasteiger charge is 2.36. The van der Waals surface area contributed by atoms with E-state index in [1.807, 2.05) is 25.1 Å². The number of ether oxygens (including phenoxy) is 2. The third kappa shape index (κ3) is 3.94. The summed E-state index contributed by atoms with van der Waals surface area (Å²) in [6.45, 7) is 2.63. The van der Waals surface area contributed by atoms with Crippen LogP contribution < -0.4 is 4.74 Å². The van der Waals surface area contributed by atoms with Crippen molar-refractivity contribution in [3.63, 3.8) is 0 Å². The van der Waals surface area contributed by atoms with Crippen LogP contribution in [0.25, 0.3) is 0 Å². The molecule has 1 fully saturated rings. The van der Waals surface area contributed by atoms with Gasteiger partial charge in [0, 0.05) is 17.5 Å². The Balaban J connectivity index is 2.06. The number of rotatable bonds is 7. The molecule has 0 aliphatic heterocycles. The van der Waals surface area contributed by atoms with Crippen LogP contribution in [0.5, 0.6) is 5.75 Å². The van der Waals surface area contributed by atoms with E-state index in [1.165, 1.54) is 12.8 Å².